The van der Waals surface area contributed by atoms with E-state index in [0.717, 1.165) is 0 Å². The van der Waals surface area contributed by atoms with E-state index in [1.807, 2.05) is 6.07 Å². The van der Waals surface area contributed by atoms with Gasteiger partial charge < -0.3 is 9.84 Å². The standard InChI is InChI=1S/C16H13Cl2NO2/c17-14-5-2-6-15(18)13(14)10-21-12-4-1-3-11(9-12)16(20)7-8-19/h1-6,9,16,20H,7,10H2. The van der Waals surface area contributed by atoms with Crippen molar-refractivity contribution in [1.82, 2.24) is 0 Å². The molecule has 108 valence electrons. The number of hydrogen-bond donors (Lipinski definition) is 1. The molecule has 0 fully saturated rings. The average molecular weight is 322 g/mol. The van der Waals surface area contributed by atoms with Gasteiger partial charge in [0, 0.05) is 15.6 Å². The summed E-state index contributed by atoms with van der Waals surface area (Å²) in [5.74, 6) is 0.584. The van der Waals surface area contributed by atoms with Crippen LogP contribution in [0.15, 0.2) is 42.5 Å². The predicted molar refractivity (Wildman–Crippen MR) is 82.4 cm³/mol. The van der Waals surface area contributed by atoms with E-state index in [-0.39, 0.29) is 13.0 Å². The van der Waals surface area contributed by atoms with Crippen LogP contribution in [0.4, 0.5) is 0 Å². The molecule has 21 heavy (non-hydrogen) atoms. The van der Waals surface area contributed by atoms with Gasteiger partial charge in [-0.05, 0) is 29.8 Å². The second kappa shape index (κ2) is 7.33. The maximum atomic E-state index is 9.80. The molecule has 0 amide bonds. The van der Waals surface area contributed by atoms with Crippen molar-refractivity contribution < 1.29 is 9.84 Å². The Hall–Kier alpha value is -1.73. The quantitative estimate of drug-likeness (QED) is 0.880. The largest absolute Gasteiger partial charge is 0.489 e. The number of aliphatic hydroxyl groups excluding tert-OH is 1. The van der Waals surface area contributed by atoms with Gasteiger partial charge in [0.25, 0.3) is 0 Å². The van der Waals surface area contributed by atoms with Crippen molar-refractivity contribution in [1.29, 1.82) is 5.26 Å². The fraction of sp³-hybridized carbons (Fsp3) is 0.188. The van der Waals surface area contributed by atoms with Crippen molar-refractivity contribution in [2.75, 3.05) is 0 Å². The highest BCUT2D eigenvalue weighted by molar-refractivity contribution is 6.35. The highest BCUT2D eigenvalue weighted by Gasteiger charge is 2.09. The zero-order chi connectivity index (χ0) is 15.2. The molecule has 0 saturated heterocycles. The highest BCUT2D eigenvalue weighted by atomic mass is 35.5. The van der Waals surface area contributed by atoms with Crippen LogP contribution in [0.2, 0.25) is 10.0 Å². The van der Waals surface area contributed by atoms with E-state index in [1.54, 1.807) is 42.5 Å². The van der Waals surface area contributed by atoms with Gasteiger partial charge in [0.2, 0.25) is 0 Å². The van der Waals surface area contributed by atoms with Crippen LogP contribution in [0.5, 0.6) is 5.75 Å². The Labute approximate surface area is 133 Å². The van der Waals surface area contributed by atoms with Gasteiger partial charge in [-0.3, -0.25) is 0 Å². The number of benzene rings is 2. The minimum absolute atomic E-state index is 0.0415. The van der Waals surface area contributed by atoms with Crippen LogP contribution >= 0.6 is 23.2 Å². The number of nitriles is 1. The second-order valence-electron chi connectivity index (χ2n) is 4.44. The van der Waals surface area contributed by atoms with Gasteiger partial charge in [-0.25, -0.2) is 0 Å². The molecule has 2 aromatic rings. The topological polar surface area (TPSA) is 53.2 Å². The smallest absolute Gasteiger partial charge is 0.120 e. The molecule has 0 spiro atoms. The summed E-state index contributed by atoms with van der Waals surface area (Å²) in [4.78, 5) is 0. The molecule has 0 aliphatic carbocycles. The van der Waals surface area contributed by atoms with Crippen LogP contribution < -0.4 is 4.74 Å². The van der Waals surface area contributed by atoms with Crippen molar-refractivity contribution >= 4 is 23.2 Å². The number of rotatable bonds is 5. The molecule has 1 unspecified atom stereocenters. The Kier molecular flexibility index (Phi) is 5.46. The summed E-state index contributed by atoms with van der Waals surface area (Å²) < 4.78 is 5.66. The summed E-state index contributed by atoms with van der Waals surface area (Å²) in [5.41, 5.74) is 1.35. The van der Waals surface area contributed by atoms with Gasteiger partial charge in [0.05, 0.1) is 18.6 Å². The fourth-order valence-corrected chi connectivity index (χ4v) is 2.35. The van der Waals surface area contributed by atoms with Crippen LogP contribution in [0, 0.1) is 11.3 Å². The molecule has 0 radical (unpaired) electrons. The maximum Gasteiger partial charge on any atom is 0.120 e. The molecule has 0 aliphatic heterocycles. The molecular weight excluding hydrogens is 309 g/mol. The summed E-state index contributed by atoms with van der Waals surface area (Å²) >= 11 is 12.2. The number of nitrogens with zero attached hydrogens (tertiary/aromatic N) is 1. The van der Waals surface area contributed by atoms with Gasteiger partial charge in [-0.15, -0.1) is 0 Å². The first-order valence-electron chi connectivity index (χ1n) is 6.32. The zero-order valence-corrected chi connectivity index (χ0v) is 12.6. The maximum absolute atomic E-state index is 9.80. The van der Waals surface area contributed by atoms with Crippen LogP contribution in [-0.2, 0) is 6.61 Å². The lowest BCUT2D eigenvalue weighted by atomic mass is 10.1. The summed E-state index contributed by atoms with van der Waals surface area (Å²) in [7, 11) is 0. The third-order valence-corrected chi connectivity index (χ3v) is 3.68. The first-order valence-corrected chi connectivity index (χ1v) is 7.08. The minimum atomic E-state index is -0.817. The first kappa shape index (κ1) is 15.7. The molecular formula is C16H13Cl2NO2. The van der Waals surface area contributed by atoms with Gasteiger partial charge in [0.1, 0.15) is 12.4 Å². The molecule has 2 rings (SSSR count). The Morgan fingerprint density at radius 2 is 1.81 bits per heavy atom. The Balaban J connectivity index is 2.10. The van der Waals surface area contributed by atoms with E-state index in [1.165, 1.54) is 0 Å². The molecule has 5 heteroatoms. The molecule has 0 aliphatic rings. The van der Waals surface area contributed by atoms with Crippen molar-refractivity contribution in [3.05, 3.63) is 63.6 Å². The van der Waals surface area contributed by atoms with E-state index in [2.05, 4.69) is 0 Å². The zero-order valence-electron chi connectivity index (χ0n) is 11.1. The lowest BCUT2D eigenvalue weighted by molar-refractivity contribution is 0.182. The summed E-state index contributed by atoms with van der Waals surface area (Å²) in [6, 6.07) is 14.2. The van der Waals surface area contributed by atoms with E-state index in [9.17, 15) is 5.11 Å². The SMILES string of the molecule is N#CCC(O)c1cccc(OCc2c(Cl)cccc2Cl)c1. The van der Waals surface area contributed by atoms with Gasteiger partial charge in [0.15, 0.2) is 0 Å². The van der Waals surface area contributed by atoms with Gasteiger partial charge >= 0.3 is 0 Å². The molecule has 0 bridgehead atoms. The van der Waals surface area contributed by atoms with Crippen LogP contribution in [0.3, 0.4) is 0 Å². The third kappa shape index (κ3) is 4.12. The molecule has 1 N–H and O–H groups in total. The van der Waals surface area contributed by atoms with Crippen molar-refractivity contribution in [2.45, 2.75) is 19.1 Å². The Bertz CT molecular complexity index is 647. The minimum Gasteiger partial charge on any atom is -0.489 e. The number of halogens is 2. The molecule has 0 aromatic heterocycles. The number of ether oxygens (including phenoxy) is 1. The van der Waals surface area contributed by atoms with Crippen LogP contribution in [0.1, 0.15) is 23.7 Å². The number of aliphatic hydroxyl groups is 1. The Morgan fingerprint density at radius 1 is 1.14 bits per heavy atom. The number of hydrogen-bond acceptors (Lipinski definition) is 3. The van der Waals surface area contributed by atoms with Crippen molar-refractivity contribution in [2.24, 2.45) is 0 Å². The average Bonchev–Trinajstić information content (AvgIpc) is 2.47. The van der Waals surface area contributed by atoms with Crippen LogP contribution in [0.25, 0.3) is 0 Å². The van der Waals surface area contributed by atoms with E-state index in [4.69, 9.17) is 33.2 Å². The van der Waals surface area contributed by atoms with E-state index in [0.29, 0.717) is 26.9 Å². The van der Waals surface area contributed by atoms with Crippen molar-refractivity contribution in [3.63, 3.8) is 0 Å². The van der Waals surface area contributed by atoms with Gasteiger partial charge in [-0.1, -0.05) is 41.4 Å². The van der Waals surface area contributed by atoms with E-state index >= 15 is 0 Å². The molecule has 0 heterocycles. The molecule has 0 saturated carbocycles. The second-order valence-corrected chi connectivity index (χ2v) is 5.25. The lowest BCUT2D eigenvalue weighted by Gasteiger charge is -2.12. The van der Waals surface area contributed by atoms with E-state index < -0.39 is 6.10 Å². The highest BCUT2D eigenvalue weighted by Crippen LogP contribution is 2.27. The summed E-state index contributed by atoms with van der Waals surface area (Å²) in [6.07, 6.45) is -0.776. The molecule has 2 aromatic carbocycles. The van der Waals surface area contributed by atoms with Crippen LogP contribution in [-0.4, -0.2) is 5.11 Å². The molecule has 1 atom stereocenters. The monoisotopic (exact) mass is 321 g/mol. The Morgan fingerprint density at radius 3 is 2.48 bits per heavy atom. The van der Waals surface area contributed by atoms with Gasteiger partial charge in [-0.2, -0.15) is 5.26 Å². The van der Waals surface area contributed by atoms with Crippen molar-refractivity contribution in [3.8, 4) is 11.8 Å². The molecule has 3 nitrogen and oxygen atoms in total. The first-order chi connectivity index (χ1) is 10.1. The fourth-order valence-electron chi connectivity index (χ4n) is 1.84. The summed E-state index contributed by atoms with van der Waals surface area (Å²) in [6.45, 7) is 0.232. The third-order valence-electron chi connectivity index (χ3n) is 2.97. The predicted octanol–water partition coefficient (Wildman–Crippen LogP) is 4.52. The lowest BCUT2D eigenvalue weighted by Crippen LogP contribution is -2.00. The summed E-state index contributed by atoms with van der Waals surface area (Å²) in [5, 5.41) is 19.5. The normalized spacial score (nSPS) is 11.7.